The van der Waals surface area contributed by atoms with E-state index in [1.165, 1.54) is 6.92 Å². The monoisotopic (exact) mass is 428 g/mol. The van der Waals surface area contributed by atoms with E-state index in [0.29, 0.717) is 11.8 Å². The lowest BCUT2D eigenvalue weighted by Gasteiger charge is -2.15. The molecule has 2 aromatic carbocycles. The first-order chi connectivity index (χ1) is 12.3. The summed E-state index contributed by atoms with van der Waals surface area (Å²) in [6.45, 7) is 0.941. The molecule has 2 aromatic rings. The third-order valence-electron chi connectivity index (χ3n) is 3.06. The number of ether oxygens (including phenoxy) is 2. The maximum atomic E-state index is 13.4. The summed E-state index contributed by atoms with van der Waals surface area (Å²) in [6.07, 6.45) is -0.875. The fourth-order valence-electron chi connectivity index (χ4n) is 1.80. The normalized spacial score (nSPS) is 11.4. The van der Waals surface area contributed by atoms with E-state index in [-0.39, 0.29) is 5.75 Å². The van der Waals surface area contributed by atoms with Gasteiger partial charge in [0, 0.05) is 10.5 Å². The minimum absolute atomic E-state index is 0.278. The summed E-state index contributed by atoms with van der Waals surface area (Å²) in [4.78, 5) is 23.5. The van der Waals surface area contributed by atoms with Crippen molar-refractivity contribution in [3.8, 4) is 11.5 Å². The lowest BCUT2D eigenvalue weighted by Crippen LogP contribution is -2.48. The van der Waals surface area contributed by atoms with Crippen LogP contribution in [0.2, 0.25) is 0 Å². The van der Waals surface area contributed by atoms with Crippen LogP contribution in [0.25, 0.3) is 0 Å². The Morgan fingerprint density at radius 3 is 2.62 bits per heavy atom. The van der Waals surface area contributed by atoms with Crippen LogP contribution in [-0.2, 0) is 9.59 Å². The Morgan fingerprint density at radius 2 is 1.92 bits per heavy atom. The molecule has 0 heterocycles. The summed E-state index contributed by atoms with van der Waals surface area (Å²) >= 11 is 3.29. The number of hydrazine groups is 1. The second-order valence-corrected chi connectivity index (χ2v) is 6.03. The topological polar surface area (TPSA) is 76.7 Å². The van der Waals surface area contributed by atoms with Crippen LogP contribution in [0, 0.1) is 11.6 Å². The molecular formula is C17H15BrF2N2O4. The molecule has 138 valence electrons. The van der Waals surface area contributed by atoms with E-state index < -0.39 is 36.2 Å². The van der Waals surface area contributed by atoms with Crippen molar-refractivity contribution in [3.05, 3.63) is 58.6 Å². The molecular weight excluding hydrogens is 414 g/mol. The first-order valence-electron chi connectivity index (χ1n) is 7.44. The zero-order chi connectivity index (χ0) is 19.1. The molecule has 1 unspecified atom stereocenters. The molecule has 0 radical (unpaired) electrons. The van der Waals surface area contributed by atoms with Gasteiger partial charge in [-0.25, -0.2) is 8.78 Å². The third kappa shape index (κ3) is 5.99. The van der Waals surface area contributed by atoms with Gasteiger partial charge in [-0.3, -0.25) is 20.4 Å². The fraction of sp³-hybridized carbons (Fsp3) is 0.176. The fourth-order valence-corrected chi connectivity index (χ4v) is 2.18. The second kappa shape index (κ2) is 9.14. The van der Waals surface area contributed by atoms with Crippen molar-refractivity contribution in [3.63, 3.8) is 0 Å². The average Bonchev–Trinajstić information content (AvgIpc) is 2.58. The highest BCUT2D eigenvalue weighted by atomic mass is 79.9. The van der Waals surface area contributed by atoms with Gasteiger partial charge in [0.05, 0.1) is 0 Å². The molecule has 0 aliphatic heterocycles. The van der Waals surface area contributed by atoms with Crippen LogP contribution in [0.15, 0.2) is 46.9 Å². The quantitative estimate of drug-likeness (QED) is 0.693. The molecule has 0 aliphatic rings. The molecule has 0 saturated heterocycles. The van der Waals surface area contributed by atoms with Gasteiger partial charge >= 0.3 is 0 Å². The summed E-state index contributed by atoms with van der Waals surface area (Å²) in [5, 5.41) is 0. The largest absolute Gasteiger partial charge is 0.481 e. The Morgan fingerprint density at radius 1 is 1.15 bits per heavy atom. The van der Waals surface area contributed by atoms with Crippen LogP contribution in [-0.4, -0.2) is 24.5 Å². The van der Waals surface area contributed by atoms with Gasteiger partial charge in [-0.1, -0.05) is 22.0 Å². The van der Waals surface area contributed by atoms with Crippen LogP contribution < -0.4 is 20.3 Å². The van der Waals surface area contributed by atoms with Crippen LogP contribution in [0.4, 0.5) is 8.78 Å². The highest BCUT2D eigenvalue weighted by molar-refractivity contribution is 9.10. The first kappa shape index (κ1) is 19.6. The van der Waals surface area contributed by atoms with Crippen molar-refractivity contribution in [2.24, 2.45) is 0 Å². The average molecular weight is 429 g/mol. The molecule has 0 aromatic heterocycles. The Kier molecular flexibility index (Phi) is 6.90. The molecule has 0 aliphatic carbocycles. The van der Waals surface area contributed by atoms with Gasteiger partial charge in [0.15, 0.2) is 24.3 Å². The van der Waals surface area contributed by atoms with Crippen LogP contribution in [0.5, 0.6) is 11.5 Å². The predicted octanol–water partition coefficient (Wildman–Crippen LogP) is 2.72. The number of carbonyl (C=O) groups is 2. The highest BCUT2D eigenvalue weighted by Gasteiger charge is 2.16. The first-order valence-corrected chi connectivity index (χ1v) is 8.23. The summed E-state index contributed by atoms with van der Waals surface area (Å²) in [5.41, 5.74) is 4.28. The van der Waals surface area contributed by atoms with Gasteiger partial charge in [0.25, 0.3) is 11.8 Å². The number of amides is 2. The molecule has 0 spiro atoms. The molecule has 26 heavy (non-hydrogen) atoms. The molecule has 2 amide bonds. The Bertz CT molecular complexity index is 804. The van der Waals surface area contributed by atoms with Crippen LogP contribution in [0.1, 0.15) is 6.92 Å². The van der Waals surface area contributed by atoms with Gasteiger partial charge in [-0.2, -0.15) is 0 Å². The zero-order valence-electron chi connectivity index (χ0n) is 13.6. The van der Waals surface area contributed by atoms with Crippen LogP contribution in [0.3, 0.4) is 0 Å². The Labute approximate surface area is 156 Å². The van der Waals surface area contributed by atoms with Crippen molar-refractivity contribution in [2.75, 3.05) is 6.61 Å². The Hall–Kier alpha value is -2.68. The SMILES string of the molecule is CC(Oc1cccc(Br)c1)C(=O)NNC(=O)COc1ccc(F)cc1F. The second-order valence-electron chi connectivity index (χ2n) is 5.12. The molecule has 1 atom stereocenters. The molecule has 9 heteroatoms. The molecule has 6 nitrogen and oxygen atoms in total. The van der Waals surface area contributed by atoms with Crippen molar-refractivity contribution in [1.82, 2.24) is 10.9 Å². The number of hydrogen-bond acceptors (Lipinski definition) is 4. The molecule has 0 fully saturated rings. The summed E-state index contributed by atoms with van der Waals surface area (Å²) in [5.74, 6) is -2.81. The number of hydrogen-bond donors (Lipinski definition) is 2. The lowest BCUT2D eigenvalue weighted by atomic mass is 10.3. The molecule has 2 N–H and O–H groups in total. The number of rotatable bonds is 6. The minimum Gasteiger partial charge on any atom is -0.481 e. The maximum absolute atomic E-state index is 13.4. The molecule has 0 saturated carbocycles. The number of carbonyl (C=O) groups excluding carboxylic acids is 2. The number of halogens is 3. The molecule has 0 bridgehead atoms. The van der Waals surface area contributed by atoms with Crippen LogP contribution >= 0.6 is 15.9 Å². The van der Waals surface area contributed by atoms with Crippen molar-refractivity contribution in [2.45, 2.75) is 13.0 Å². The van der Waals surface area contributed by atoms with Gasteiger partial charge in [0.2, 0.25) is 0 Å². The Balaban J connectivity index is 1.76. The van der Waals surface area contributed by atoms with E-state index in [0.717, 1.165) is 16.6 Å². The predicted molar refractivity (Wildman–Crippen MR) is 92.4 cm³/mol. The number of benzene rings is 2. The highest BCUT2D eigenvalue weighted by Crippen LogP contribution is 2.19. The van der Waals surface area contributed by atoms with Crippen molar-refractivity contribution < 1.29 is 27.8 Å². The summed E-state index contributed by atoms with van der Waals surface area (Å²) in [7, 11) is 0. The minimum atomic E-state index is -0.933. The van der Waals surface area contributed by atoms with E-state index in [2.05, 4.69) is 26.8 Å². The number of nitrogens with one attached hydrogen (secondary N) is 2. The smallest absolute Gasteiger partial charge is 0.279 e. The van der Waals surface area contributed by atoms with Crippen molar-refractivity contribution in [1.29, 1.82) is 0 Å². The van der Waals surface area contributed by atoms with Gasteiger partial charge < -0.3 is 9.47 Å². The summed E-state index contributed by atoms with van der Waals surface area (Å²) < 4.78 is 37.3. The maximum Gasteiger partial charge on any atom is 0.279 e. The van der Waals surface area contributed by atoms with Gasteiger partial charge in [0.1, 0.15) is 11.6 Å². The van der Waals surface area contributed by atoms with E-state index in [9.17, 15) is 18.4 Å². The lowest BCUT2D eigenvalue weighted by molar-refractivity contribution is -0.133. The summed E-state index contributed by atoms with van der Waals surface area (Å²) in [6, 6.07) is 9.62. The zero-order valence-corrected chi connectivity index (χ0v) is 15.2. The van der Waals surface area contributed by atoms with E-state index >= 15 is 0 Å². The van der Waals surface area contributed by atoms with E-state index in [1.54, 1.807) is 18.2 Å². The molecule has 2 rings (SSSR count). The third-order valence-corrected chi connectivity index (χ3v) is 3.55. The van der Waals surface area contributed by atoms with E-state index in [1.807, 2.05) is 6.07 Å². The standard InChI is InChI=1S/C17H15BrF2N2O4/c1-10(26-13-4-2-3-11(18)7-13)17(24)22-21-16(23)9-25-15-6-5-12(19)8-14(15)20/h2-8,10H,9H2,1H3,(H,21,23)(H,22,24). The van der Waals surface area contributed by atoms with E-state index in [4.69, 9.17) is 9.47 Å². The van der Waals surface area contributed by atoms with Crippen molar-refractivity contribution >= 4 is 27.7 Å². The van der Waals surface area contributed by atoms with Gasteiger partial charge in [-0.15, -0.1) is 0 Å². The van der Waals surface area contributed by atoms with Gasteiger partial charge in [-0.05, 0) is 37.3 Å².